The van der Waals surface area contributed by atoms with Crippen LogP contribution in [0.5, 0.6) is 0 Å². The SMILES string of the molecule is O=C(Nc1ccc2c(c1)C(C1=CC=C(F)CC=C1)NN2)C1=CCC=CO1. The van der Waals surface area contributed by atoms with E-state index in [0.717, 1.165) is 16.8 Å². The van der Waals surface area contributed by atoms with E-state index in [-0.39, 0.29) is 23.5 Å². The van der Waals surface area contributed by atoms with Crippen LogP contribution in [-0.4, -0.2) is 5.91 Å². The molecule has 0 radical (unpaired) electrons. The number of rotatable bonds is 3. The first-order chi connectivity index (χ1) is 12.7. The van der Waals surface area contributed by atoms with Crippen molar-refractivity contribution < 1.29 is 13.9 Å². The van der Waals surface area contributed by atoms with Crippen molar-refractivity contribution in [2.24, 2.45) is 0 Å². The van der Waals surface area contributed by atoms with Crippen LogP contribution >= 0.6 is 0 Å². The van der Waals surface area contributed by atoms with Gasteiger partial charge in [0.1, 0.15) is 5.83 Å². The molecular formula is C20H18FN3O2. The normalized spacial score (nSPS) is 20.8. The average Bonchev–Trinajstić information content (AvgIpc) is 2.96. The molecule has 2 aliphatic heterocycles. The quantitative estimate of drug-likeness (QED) is 0.765. The molecule has 0 spiro atoms. The molecule has 3 aliphatic rings. The number of halogens is 1. The molecule has 1 atom stereocenters. The van der Waals surface area contributed by atoms with Crippen LogP contribution < -0.4 is 16.2 Å². The Balaban J connectivity index is 1.56. The summed E-state index contributed by atoms with van der Waals surface area (Å²) < 4.78 is 18.7. The molecule has 1 aliphatic carbocycles. The molecule has 132 valence electrons. The summed E-state index contributed by atoms with van der Waals surface area (Å²) in [4.78, 5) is 12.3. The lowest BCUT2D eigenvalue weighted by molar-refractivity contribution is -0.115. The number of ether oxygens (including phenoxy) is 1. The Kier molecular flexibility index (Phi) is 4.41. The van der Waals surface area contributed by atoms with Crippen molar-refractivity contribution in [1.29, 1.82) is 0 Å². The number of hydrogen-bond acceptors (Lipinski definition) is 4. The fourth-order valence-electron chi connectivity index (χ4n) is 3.03. The first-order valence-electron chi connectivity index (χ1n) is 8.42. The van der Waals surface area contributed by atoms with Gasteiger partial charge >= 0.3 is 0 Å². The highest BCUT2D eigenvalue weighted by Gasteiger charge is 2.25. The van der Waals surface area contributed by atoms with E-state index in [1.165, 1.54) is 12.3 Å². The van der Waals surface area contributed by atoms with Crippen LogP contribution in [0.1, 0.15) is 24.4 Å². The van der Waals surface area contributed by atoms with Gasteiger partial charge in [-0.2, -0.15) is 0 Å². The summed E-state index contributed by atoms with van der Waals surface area (Å²) in [6.45, 7) is 0. The van der Waals surface area contributed by atoms with Gasteiger partial charge < -0.3 is 15.5 Å². The van der Waals surface area contributed by atoms with Gasteiger partial charge in [0.15, 0.2) is 5.76 Å². The smallest absolute Gasteiger partial charge is 0.291 e. The largest absolute Gasteiger partial charge is 0.460 e. The zero-order valence-electron chi connectivity index (χ0n) is 14.0. The number of nitrogens with one attached hydrogen (secondary N) is 3. The Morgan fingerprint density at radius 1 is 1.27 bits per heavy atom. The minimum Gasteiger partial charge on any atom is -0.460 e. The van der Waals surface area contributed by atoms with Crippen LogP contribution in [0, 0.1) is 0 Å². The number of amides is 1. The molecular weight excluding hydrogens is 333 g/mol. The average molecular weight is 351 g/mol. The number of benzene rings is 1. The van der Waals surface area contributed by atoms with Crippen molar-refractivity contribution in [1.82, 2.24) is 5.43 Å². The van der Waals surface area contributed by atoms with Gasteiger partial charge in [-0.3, -0.25) is 4.79 Å². The highest BCUT2D eigenvalue weighted by molar-refractivity contribution is 6.02. The Morgan fingerprint density at radius 3 is 3.04 bits per heavy atom. The van der Waals surface area contributed by atoms with E-state index in [0.29, 0.717) is 18.5 Å². The summed E-state index contributed by atoms with van der Waals surface area (Å²) in [5.41, 5.74) is 9.84. The summed E-state index contributed by atoms with van der Waals surface area (Å²) in [5, 5.41) is 2.85. The highest BCUT2D eigenvalue weighted by atomic mass is 19.1. The van der Waals surface area contributed by atoms with Crippen LogP contribution in [0.15, 0.2) is 78.1 Å². The molecule has 5 nitrogen and oxygen atoms in total. The Morgan fingerprint density at radius 2 is 2.19 bits per heavy atom. The number of anilines is 2. The molecule has 0 saturated carbocycles. The second kappa shape index (κ2) is 7.01. The summed E-state index contributed by atoms with van der Waals surface area (Å²) in [6, 6.07) is 5.49. The molecule has 3 N–H and O–H groups in total. The first kappa shape index (κ1) is 16.4. The van der Waals surface area contributed by atoms with E-state index >= 15 is 0 Å². The monoisotopic (exact) mass is 351 g/mol. The minimum atomic E-state index is -0.289. The van der Waals surface area contributed by atoms with E-state index in [9.17, 15) is 9.18 Å². The second-order valence-corrected chi connectivity index (χ2v) is 6.14. The molecule has 4 rings (SSSR count). The summed E-state index contributed by atoms with van der Waals surface area (Å²) >= 11 is 0. The van der Waals surface area contributed by atoms with E-state index in [1.807, 2.05) is 30.4 Å². The van der Waals surface area contributed by atoms with Crippen molar-refractivity contribution in [3.8, 4) is 0 Å². The Labute approximate surface area is 150 Å². The fraction of sp³-hybridized carbons (Fsp3) is 0.150. The van der Waals surface area contributed by atoms with Crippen molar-refractivity contribution in [2.75, 3.05) is 10.7 Å². The molecule has 0 fully saturated rings. The number of allylic oxidation sites excluding steroid dienone is 6. The van der Waals surface area contributed by atoms with E-state index in [4.69, 9.17) is 4.74 Å². The second-order valence-electron chi connectivity index (χ2n) is 6.14. The molecule has 2 heterocycles. The zero-order chi connectivity index (χ0) is 17.9. The van der Waals surface area contributed by atoms with Crippen molar-refractivity contribution in [3.05, 3.63) is 83.6 Å². The maximum atomic E-state index is 13.4. The van der Waals surface area contributed by atoms with Crippen LogP contribution in [-0.2, 0) is 9.53 Å². The number of fused-ring (bicyclic) bond motifs is 1. The van der Waals surface area contributed by atoms with Crippen molar-refractivity contribution in [2.45, 2.75) is 18.9 Å². The van der Waals surface area contributed by atoms with Crippen LogP contribution in [0.25, 0.3) is 0 Å². The van der Waals surface area contributed by atoms with Gasteiger partial charge in [0.25, 0.3) is 5.91 Å². The number of carbonyl (C=O) groups is 1. The maximum Gasteiger partial charge on any atom is 0.291 e. The van der Waals surface area contributed by atoms with E-state index < -0.39 is 0 Å². The lowest BCUT2D eigenvalue weighted by Gasteiger charge is -2.14. The van der Waals surface area contributed by atoms with Gasteiger partial charge in [0, 0.05) is 17.7 Å². The lowest BCUT2D eigenvalue weighted by atomic mass is 9.98. The third-order valence-electron chi connectivity index (χ3n) is 4.34. The topological polar surface area (TPSA) is 62.4 Å². The maximum absolute atomic E-state index is 13.4. The standard InChI is InChI=1S/C20H18FN3O2/c21-14-5-3-4-13(7-8-14)19-16-12-15(9-10-17(16)23-24-19)22-20(25)18-6-1-2-11-26-18/h2-4,6-12,19,23-24H,1,5H2,(H,22,25). The summed E-state index contributed by atoms with van der Waals surface area (Å²) in [7, 11) is 0. The first-order valence-corrected chi connectivity index (χ1v) is 8.42. The summed E-state index contributed by atoms with van der Waals surface area (Å²) in [5.74, 6) is -0.169. The molecule has 1 aromatic rings. The van der Waals surface area contributed by atoms with Gasteiger partial charge in [-0.1, -0.05) is 18.2 Å². The predicted molar refractivity (Wildman–Crippen MR) is 98.5 cm³/mol. The molecule has 1 unspecified atom stereocenters. The van der Waals surface area contributed by atoms with Crippen molar-refractivity contribution >= 4 is 17.3 Å². The van der Waals surface area contributed by atoms with Crippen molar-refractivity contribution in [3.63, 3.8) is 0 Å². The lowest BCUT2D eigenvalue weighted by Crippen LogP contribution is -2.20. The van der Waals surface area contributed by atoms with Gasteiger partial charge in [-0.25, -0.2) is 9.82 Å². The molecule has 0 bridgehead atoms. The third-order valence-corrected chi connectivity index (χ3v) is 4.34. The number of carbonyl (C=O) groups excluding carboxylic acids is 1. The van der Waals surface area contributed by atoms with Gasteiger partial charge in [-0.15, -0.1) is 0 Å². The predicted octanol–water partition coefficient (Wildman–Crippen LogP) is 4.15. The number of hydrogen-bond donors (Lipinski definition) is 3. The zero-order valence-corrected chi connectivity index (χ0v) is 14.0. The Bertz CT molecular complexity index is 896. The van der Waals surface area contributed by atoms with E-state index in [2.05, 4.69) is 16.2 Å². The fourth-order valence-corrected chi connectivity index (χ4v) is 3.03. The van der Waals surface area contributed by atoms with Gasteiger partial charge in [0.05, 0.1) is 18.0 Å². The molecule has 26 heavy (non-hydrogen) atoms. The van der Waals surface area contributed by atoms with Crippen LogP contribution in [0.2, 0.25) is 0 Å². The molecule has 6 heteroatoms. The van der Waals surface area contributed by atoms with E-state index in [1.54, 1.807) is 18.2 Å². The Hall–Kier alpha value is -3.12. The highest BCUT2D eigenvalue weighted by Crippen LogP contribution is 2.36. The van der Waals surface area contributed by atoms with Crippen LogP contribution in [0.3, 0.4) is 0 Å². The molecule has 1 amide bonds. The number of hydrazine groups is 1. The summed E-state index contributed by atoms with van der Waals surface area (Å²) in [6.07, 6.45) is 13.0. The molecule has 0 aromatic heterocycles. The van der Waals surface area contributed by atoms with Gasteiger partial charge in [-0.05, 0) is 48.4 Å². The molecule has 1 aromatic carbocycles. The minimum absolute atomic E-state index is 0.131. The van der Waals surface area contributed by atoms with Crippen LogP contribution in [0.4, 0.5) is 15.8 Å². The third kappa shape index (κ3) is 3.32. The molecule has 0 saturated heterocycles. The van der Waals surface area contributed by atoms with Gasteiger partial charge in [0.2, 0.25) is 0 Å².